The van der Waals surface area contributed by atoms with Crippen LogP contribution in [0, 0.1) is 0 Å². The molecule has 0 aliphatic carbocycles. The van der Waals surface area contributed by atoms with Gasteiger partial charge in [0.1, 0.15) is 5.60 Å². The number of nitrogens with zero attached hydrogens (tertiary/aromatic N) is 1. The van der Waals surface area contributed by atoms with Crippen LogP contribution < -0.4 is 11.1 Å². The lowest BCUT2D eigenvalue weighted by molar-refractivity contribution is -0.00618. The molecule has 1 aliphatic heterocycles. The Hall–Kier alpha value is -1.85. The molecule has 1 saturated heterocycles. The Morgan fingerprint density at radius 1 is 1.45 bits per heavy atom. The van der Waals surface area contributed by atoms with Crippen molar-refractivity contribution < 1.29 is 9.47 Å². The van der Waals surface area contributed by atoms with Crippen molar-refractivity contribution >= 4 is 22.1 Å². The number of pyridine rings is 1. The van der Waals surface area contributed by atoms with Gasteiger partial charge in [-0.05, 0) is 12.1 Å². The summed E-state index contributed by atoms with van der Waals surface area (Å²) in [5.41, 5.74) is 7.64. The number of rotatable bonds is 4. The highest BCUT2D eigenvalue weighted by Gasteiger charge is 2.34. The second-order valence-electron chi connectivity index (χ2n) is 5.17. The molecule has 0 radical (unpaired) electrons. The van der Waals surface area contributed by atoms with Crippen LogP contribution in [0.25, 0.3) is 10.8 Å². The topological polar surface area (TPSA) is 69.4 Å². The molecule has 20 heavy (non-hydrogen) atoms. The van der Waals surface area contributed by atoms with Gasteiger partial charge in [0.2, 0.25) is 0 Å². The number of ether oxygens (including phenoxy) is 2. The zero-order valence-electron chi connectivity index (χ0n) is 11.6. The molecule has 3 N–H and O–H groups in total. The lowest BCUT2D eigenvalue weighted by Crippen LogP contribution is -2.39. The minimum atomic E-state index is -0.250. The average Bonchev–Trinajstić information content (AvgIpc) is 2.96. The molecular formula is C15H19N3O2. The zero-order valence-corrected chi connectivity index (χ0v) is 11.6. The number of hydrogen-bond donors (Lipinski definition) is 2. The van der Waals surface area contributed by atoms with Crippen LogP contribution in [-0.2, 0) is 9.47 Å². The third-order valence-electron chi connectivity index (χ3n) is 3.96. The van der Waals surface area contributed by atoms with Gasteiger partial charge in [0.25, 0.3) is 0 Å². The molecule has 0 spiro atoms. The van der Waals surface area contributed by atoms with Crippen molar-refractivity contribution in [2.24, 2.45) is 0 Å². The molecule has 5 heteroatoms. The van der Waals surface area contributed by atoms with E-state index in [9.17, 15) is 0 Å². The second-order valence-corrected chi connectivity index (χ2v) is 5.17. The number of anilines is 2. The normalized spacial score (nSPS) is 22.2. The third-order valence-corrected chi connectivity index (χ3v) is 3.96. The van der Waals surface area contributed by atoms with Gasteiger partial charge in [-0.15, -0.1) is 0 Å². The number of nitrogen functional groups attached to an aromatic ring is 1. The van der Waals surface area contributed by atoms with Gasteiger partial charge in [-0.2, -0.15) is 0 Å². The van der Waals surface area contributed by atoms with E-state index in [4.69, 9.17) is 15.2 Å². The first-order valence-electron chi connectivity index (χ1n) is 6.73. The molecule has 1 atom stereocenters. The number of aromatic nitrogens is 1. The van der Waals surface area contributed by atoms with Crippen LogP contribution in [0.4, 0.5) is 11.4 Å². The Balaban J connectivity index is 1.82. The molecule has 2 heterocycles. The van der Waals surface area contributed by atoms with E-state index in [1.165, 1.54) is 0 Å². The predicted octanol–water partition coefficient (Wildman–Crippen LogP) is 2.03. The van der Waals surface area contributed by atoms with E-state index in [1.54, 1.807) is 13.3 Å². The van der Waals surface area contributed by atoms with Crippen LogP contribution in [0.15, 0.2) is 30.6 Å². The largest absolute Gasteiger partial charge is 0.397 e. The molecule has 1 aliphatic rings. The van der Waals surface area contributed by atoms with Crippen LogP contribution in [0.2, 0.25) is 0 Å². The van der Waals surface area contributed by atoms with E-state index >= 15 is 0 Å². The van der Waals surface area contributed by atoms with Crippen LogP contribution in [0.5, 0.6) is 0 Å². The van der Waals surface area contributed by atoms with Crippen LogP contribution in [-0.4, -0.2) is 37.5 Å². The highest BCUT2D eigenvalue weighted by Crippen LogP contribution is 2.30. The van der Waals surface area contributed by atoms with E-state index in [1.807, 2.05) is 24.4 Å². The Bertz CT molecular complexity index is 609. The molecule has 0 amide bonds. The molecule has 1 unspecified atom stereocenters. The van der Waals surface area contributed by atoms with E-state index < -0.39 is 0 Å². The van der Waals surface area contributed by atoms with Crippen LogP contribution in [0.3, 0.4) is 0 Å². The SMILES string of the molecule is COC1(CNc2ccc3cnccc3c2N)CCOC1. The van der Waals surface area contributed by atoms with Crippen molar-refractivity contribution in [3.8, 4) is 0 Å². The minimum absolute atomic E-state index is 0.250. The van der Waals surface area contributed by atoms with Crippen molar-refractivity contribution in [3.63, 3.8) is 0 Å². The molecule has 1 aromatic heterocycles. The maximum absolute atomic E-state index is 6.23. The van der Waals surface area contributed by atoms with Gasteiger partial charge in [-0.3, -0.25) is 4.98 Å². The van der Waals surface area contributed by atoms with Crippen molar-refractivity contribution in [3.05, 3.63) is 30.6 Å². The maximum atomic E-state index is 6.23. The number of nitrogens with two attached hydrogens (primary N) is 1. The predicted molar refractivity (Wildman–Crippen MR) is 79.8 cm³/mol. The summed E-state index contributed by atoms with van der Waals surface area (Å²) >= 11 is 0. The van der Waals surface area contributed by atoms with Crippen molar-refractivity contribution in [2.45, 2.75) is 12.0 Å². The summed E-state index contributed by atoms with van der Waals surface area (Å²) in [6.45, 7) is 2.05. The summed E-state index contributed by atoms with van der Waals surface area (Å²) in [4.78, 5) is 4.10. The molecule has 0 saturated carbocycles. The Labute approximate surface area is 118 Å². The highest BCUT2D eigenvalue weighted by atomic mass is 16.5. The third kappa shape index (κ3) is 2.30. The summed E-state index contributed by atoms with van der Waals surface area (Å²) in [7, 11) is 1.73. The number of methoxy groups -OCH3 is 1. The molecule has 0 bridgehead atoms. The van der Waals surface area contributed by atoms with Gasteiger partial charge >= 0.3 is 0 Å². The first kappa shape index (κ1) is 13.1. The summed E-state index contributed by atoms with van der Waals surface area (Å²) in [6, 6.07) is 5.94. The van der Waals surface area contributed by atoms with Crippen molar-refractivity contribution in [1.82, 2.24) is 4.98 Å². The summed E-state index contributed by atoms with van der Waals surface area (Å²) < 4.78 is 11.0. The monoisotopic (exact) mass is 273 g/mol. The smallest absolute Gasteiger partial charge is 0.110 e. The molecule has 106 valence electrons. The summed E-state index contributed by atoms with van der Waals surface area (Å²) in [6.07, 6.45) is 4.47. The summed E-state index contributed by atoms with van der Waals surface area (Å²) in [5.74, 6) is 0. The van der Waals surface area contributed by atoms with Gasteiger partial charge in [-0.1, -0.05) is 6.07 Å². The fourth-order valence-corrected chi connectivity index (χ4v) is 2.56. The molecule has 1 aromatic carbocycles. The van der Waals surface area contributed by atoms with Crippen LogP contribution >= 0.6 is 0 Å². The molecule has 3 rings (SSSR count). The lowest BCUT2D eigenvalue weighted by Gasteiger charge is -2.27. The fraction of sp³-hybridized carbons (Fsp3) is 0.400. The summed E-state index contributed by atoms with van der Waals surface area (Å²) in [5, 5.41) is 5.44. The van der Waals surface area contributed by atoms with Gasteiger partial charge in [-0.25, -0.2) is 0 Å². The van der Waals surface area contributed by atoms with Gasteiger partial charge in [0, 0.05) is 49.8 Å². The van der Waals surface area contributed by atoms with Crippen molar-refractivity contribution in [2.75, 3.05) is 37.9 Å². The molecule has 2 aromatic rings. The molecule has 1 fully saturated rings. The van der Waals surface area contributed by atoms with Crippen molar-refractivity contribution in [1.29, 1.82) is 0 Å². The number of nitrogens with one attached hydrogen (secondary N) is 1. The second kappa shape index (κ2) is 5.26. The first-order valence-corrected chi connectivity index (χ1v) is 6.73. The Kier molecular flexibility index (Phi) is 3.46. The van der Waals surface area contributed by atoms with Crippen LogP contribution in [0.1, 0.15) is 6.42 Å². The standard InChI is InChI=1S/C15H19N3O2/c1-19-15(5-7-20-10-15)9-18-13-3-2-11-8-17-6-4-12(11)14(13)16/h2-4,6,8,18H,5,7,9-10,16H2,1H3. The van der Waals surface area contributed by atoms with E-state index in [-0.39, 0.29) is 5.60 Å². The molecular weight excluding hydrogens is 254 g/mol. The maximum Gasteiger partial charge on any atom is 0.110 e. The zero-order chi connectivity index (χ0) is 14.0. The van der Waals surface area contributed by atoms with E-state index in [2.05, 4.69) is 10.3 Å². The van der Waals surface area contributed by atoms with E-state index in [0.717, 1.165) is 35.2 Å². The first-order chi connectivity index (χ1) is 9.74. The number of fused-ring (bicyclic) bond motifs is 1. The lowest BCUT2D eigenvalue weighted by atomic mass is 10.0. The fourth-order valence-electron chi connectivity index (χ4n) is 2.56. The highest BCUT2D eigenvalue weighted by molar-refractivity contribution is 5.98. The minimum Gasteiger partial charge on any atom is -0.397 e. The van der Waals surface area contributed by atoms with Gasteiger partial charge in [0.15, 0.2) is 0 Å². The number of benzene rings is 1. The quantitative estimate of drug-likeness (QED) is 0.834. The number of hydrogen-bond acceptors (Lipinski definition) is 5. The van der Waals surface area contributed by atoms with E-state index in [0.29, 0.717) is 13.2 Å². The van der Waals surface area contributed by atoms with Gasteiger partial charge < -0.3 is 20.5 Å². The van der Waals surface area contributed by atoms with Gasteiger partial charge in [0.05, 0.1) is 18.0 Å². The Morgan fingerprint density at radius 3 is 3.10 bits per heavy atom. The Morgan fingerprint density at radius 2 is 2.35 bits per heavy atom. The molecule has 5 nitrogen and oxygen atoms in total. The average molecular weight is 273 g/mol.